The molecule has 5 heteroatoms. The Labute approximate surface area is 78.2 Å². The second-order valence-electron chi connectivity index (χ2n) is 0. The molecule has 0 aromatic heterocycles. The van der Waals surface area contributed by atoms with Gasteiger partial charge in [-0.1, -0.05) is 0 Å². The maximum atomic E-state index is 7.83. The largest absolute Gasteiger partial charge is 2.00 e. The van der Waals surface area contributed by atoms with Crippen LogP contribution in [-0.2, 0) is 12.5 Å². The van der Waals surface area contributed by atoms with E-state index in [1.807, 2.05) is 0 Å². The number of hydrogen-bond acceptors (Lipinski definition) is 2. The molecule has 0 aromatic carbocycles. The van der Waals surface area contributed by atoms with Gasteiger partial charge in [-0.15, -0.1) is 0 Å². The van der Waals surface area contributed by atoms with Gasteiger partial charge in [-0.25, -0.2) is 0 Å². The molecule has 0 atom stereocenters. The summed E-state index contributed by atoms with van der Waals surface area (Å²) in [6.07, 6.45) is 0. The van der Waals surface area contributed by atoms with Crippen LogP contribution in [0.25, 0.3) is 0 Å². The Balaban J connectivity index is -0.00000000167. The molecule has 0 amide bonds. The first kappa shape index (κ1) is 28.8. The molecule has 5 heavy (non-hydrogen) atoms. The van der Waals surface area contributed by atoms with Crippen LogP contribution in [0, 0.1) is 0 Å². The summed E-state index contributed by atoms with van der Waals surface area (Å²) in [5.41, 5.74) is 0. The van der Waals surface area contributed by atoms with E-state index in [9.17, 15) is 0 Å². The van der Waals surface area contributed by atoms with Gasteiger partial charge in [-0.05, 0) is 0 Å². The Hall–Kier alpha value is 1.86. The van der Waals surface area contributed by atoms with E-state index < -0.39 is 0 Å². The molecular formula is CaCl2OS. The molecule has 0 spiro atoms. The van der Waals surface area contributed by atoms with E-state index >= 15 is 0 Å². The van der Waals surface area contributed by atoms with E-state index in [-0.39, 0.29) is 62.6 Å². The molecule has 0 aliphatic carbocycles. The van der Waals surface area contributed by atoms with Crippen molar-refractivity contribution in [3.8, 4) is 0 Å². The number of hydrogen-bond donors (Lipinski definition) is 0. The van der Waals surface area contributed by atoms with Gasteiger partial charge >= 0.3 is 37.7 Å². The van der Waals surface area contributed by atoms with Crippen molar-refractivity contribution in [2.45, 2.75) is 0 Å². The SMILES string of the molecule is O=S.[Ca+2].[Cl-].[Cl-]. The van der Waals surface area contributed by atoms with Crippen LogP contribution in [0.15, 0.2) is 0 Å². The van der Waals surface area contributed by atoms with Gasteiger partial charge in [-0.3, -0.25) is 0 Å². The summed E-state index contributed by atoms with van der Waals surface area (Å²) in [6.45, 7) is 0. The molecule has 1 nitrogen and oxygen atoms in total. The summed E-state index contributed by atoms with van der Waals surface area (Å²) in [5.74, 6) is 0. The molecule has 0 aliphatic heterocycles. The van der Waals surface area contributed by atoms with E-state index in [1.165, 1.54) is 0 Å². The Morgan fingerprint density at radius 2 is 1.00 bits per heavy atom. The van der Waals surface area contributed by atoms with Gasteiger partial charge in [0, 0.05) is 0 Å². The quantitative estimate of drug-likeness (QED) is 0.327. The third-order valence-corrected chi connectivity index (χ3v) is 0. The summed E-state index contributed by atoms with van der Waals surface area (Å²) in [6, 6.07) is 0. The van der Waals surface area contributed by atoms with Crippen molar-refractivity contribution < 1.29 is 29.0 Å². The Kier molecular flexibility index (Phi) is 230. The molecule has 0 N–H and O–H groups in total. The van der Waals surface area contributed by atoms with Crippen LogP contribution in [0.1, 0.15) is 0 Å². The molecule has 0 unspecified atom stereocenters. The second-order valence-corrected chi connectivity index (χ2v) is 0. The van der Waals surface area contributed by atoms with Gasteiger partial charge in [0.1, 0.15) is 0 Å². The van der Waals surface area contributed by atoms with Gasteiger partial charge in [0.25, 0.3) is 0 Å². The Bertz CT molecular complexity index is 9.61. The van der Waals surface area contributed by atoms with E-state index in [0.717, 1.165) is 0 Å². The fraction of sp³-hybridized carbons (Fsp3) is 0. The molecule has 0 aromatic rings. The van der Waals surface area contributed by atoms with Crippen LogP contribution in [0.4, 0.5) is 0 Å². The van der Waals surface area contributed by atoms with E-state index in [4.69, 9.17) is 4.21 Å². The van der Waals surface area contributed by atoms with Gasteiger partial charge in [-0.2, -0.15) is 4.21 Å². The van der Waals surface area contributed by atoms with Crippen LogP contribution < -0.4 is 24.8 Å². The van der Waals surface area contributed by atoms with Gasteiger partial charge < -0.3 is 24.8 Å². The molecule has 0 fully saturated rings. The smallest absolute Gasteiger partial charge is 1.00 e. The standard InChI is InChI=1S/Ca.2ClH.OS/c;;;1-2/h;2*1H;/q+2;;;/p-2. The maximum Gasteiger partial charge on any atom is 2.00 e. The van der Waals surface area contributed by atoms with E-state index in [1.54, 1.807) is 0 Å². The predicted molar refractivity (Wildman–Crippen MR) is 13.9 cm³/mol. The maximum absolute atomic E-state index is 7.83. The molecule has 0 saturated heterocycles. The first-order valence-electron chi connectivity index (χ1n) is 0.167. The summed E-state index contributed by atoms with van der Waals surface area (Å²) in [7, 11) is 0. The molecule has 28 valence electrons. The van der Waals surface area contributed by atoms with Crippen LogP contribution in [0.2, 0.25) is 0 Å². The second kappa shape index (κ2) is 40.0. The number of rotatable bonds is 0. The van der Waals surface area contributed by atoms with Crippen LogP contribution in [-0.4, -0.2) is 41.9 Å². The van der Waals surface area contributed by atoms with Crippen LogP contribution in [0.5, 0.6) is 0 Å². The fourth-order valence-corrected chi connectivity index (χ4v) is 0. The number of halogens is 2. The molecule has 0 saturated carbocycles. The van der Waals surface area contributed by atoms with Crippen molar-refractivity contribution in [3.63, 3.8) is 0 Å². The average molecular weight is 159 g/mol. The zero-order valence-electron chi connectivity index (χ0n) is 2.28. The van der Waals surface area contributed by atoms with E-state index in [2.05, 4.69) is 12.5 Å². The molecule has 0 bridgehead atoms. The first-order chi connectivity index (χ1) is 1.00. The minimum absolute atomic E-state index is 0. The molecule has 0 radical (unpaired) electrons. The summed E-state index contributed by atoms with van der Waals surface area (Å²) in [4.78, 5) is 0. The van der Waals surface area contributed by atoms with Crippen LogP contribution in [0.3, 0.4) is 0 Å². The van der Waals surface area contributed by atoms with Crippen molar-refractivity contribution in [3.05, 3.63) is 0 Å². The van der Waals surface area contributed by atoms with Crippen LogP contribution >= 0.6 is 0 Å². The Morgan fingerprint density at radius 3 is 1.00 bits per heavy atom. The minimum Gasteiger partial charge on any atom is -1.00 e. The Morgan fingerprint density at radius 1 is 1.00 bits per heavy atom. The monoisotopic (exact) mass is 158 g/mol. The fourth-order valence-electron chi connectivity index (χ4n) is 0. The van der Waals surface area contributed by atoms with E-state index in [0.29, 0.717) is 0 Å². The third-order valence-electron chi connectivity index (χ3n) is 0. The molecule has 0 heterocycles. The zero-order valence-corrected chi connectivity index (χ0v) is 6.82. The van der Waals surface area contributed by atoms with Crippen molar-refractivity contribution in [1.29, 1.82) is 0 Å². The van der Waals surface area contributed by atoms with Gasteiger partial charge in [0.15, 0.2) is 12.5 Å². The topological polar surface area (TPSA) is 17.1 Å². The summed E-state index contributed by atoms with van der Waals surface area (Å²) < 4.78 is 7.83. The van der Waals surface area contributed by atoms with Crippen molar-refractivity contribution in [2.24, 2.45) is 0 Å². The normalized spacial score (nSPS) is 0.800. The van der Waals surface area contributed by atoms with Gasteiger partial charge in [0.05, 0.1) is 0 Å². The predicted octanol–water partition coefficient (Wildman–Crippen LogP) is -6.71. The summed E-state index contributed by atoms with van der Waals surface area (Å²) >= 11 is 2.83. The first-order valence-corrected chi connectivity index (χ1v) is 0.500. The zero-order chi connectivity index (χ0) is 2.00. The average Bonchev–Trinajstić information content (AvgIpc) is 1.00. The third kappa shape index (κ3) is 25.2. The van der Waals surface area contributed by atoms with Crippen molar-refractivity contribution >= 4 is 50.3 Å². The van der Waals surface area contributed by atoms with Crippen molar-refractivity contribution in [2.75, 3.05) is 0 Å². The summed E-state index contributed by atoms with van der Waals surface area (Å²) in [5, 5.41) is 0. The molecule has 0 aliphatic rings. The molecule has 0 rings (SSSR count). The molecular weight excluding hydrogens is 159 g/mol. The minimum atomic E-state index is 0. The van der Waals surface area contributed by atoms with Gasteiger partial charge in [0.2, 0.25) is 0 Å². The van der Waals surface area contributed by atoms with Crippen molar-refractivity contribution in [1.82, 2.24) is 0 Å².